The molecule has 0 aliphatic heterocycles. The molecule has 1 atom stereocenters. The highest BCUT2D eigenvalue weighted by atomic mass is 35.5. The molecule has 0 radical (unpaired) electrons. The summed E-state index contributed by atoms with van der Waals surface area (Å²) in [4.78, 5) is 12.6. The first-order chi connectivity index (χ1) is 8.27. The first-order valence-corrected chi connectivity index (χ1v) is 6.03. The number of carboxylic acid groups (broad SMARTS) is 1. The van der Waals surface area contributed by atoms with Crippen LogP contribution in [0.5, 0.6) is 0 Å². The van der Waals surface area contributed by atoms with Crippen LogP contribution < -0.4 is 0 Å². The highest BCUT2D eigenvalue weighted by Crippen LogP contribution is 2.29. The third-order valence-corrected chi connectivity index (χ3v) is 2.88. The molecule has 0 spiro atoms. The summed E-state index contributed by atoms with van der Waals surface area (Å²) in [5.74, 6) is 0. The second-order valence-electron chi connectivity index (χ2n) is 5.08. The molecule has 0 saturated heterocycles. The van der Waals surface area contributed by atoms with Gasteiger partial charge in [-0.1, -0.05) is 23.7 Å². The molecule has 1 aromatic rings. The smallest absolute Gasteiger partial charge is 0.408 e. The number of benzene rings is 1. The van der Waals surface area contributed by atoms with Gasteiger partial charge in [0.1, 0.15) is 0 Å². The SMILES string of the molecule is CC(C)(C)N(C(=O)O)[C@@H](CO)c1cccc(Cl)c1. The molecular formula is C13H18ClNO3. The molecule has 0 aliphatic rings. The van der Waals surface area contributed by atoms with Gasteiger partial charge >= 0.3 is 6.09 Å². The van der Waals surface area contributed by atoms with E-state index < -0.39 is 17.7 Å². The summed E-state index contributed by atoms with van der Waals surface area (Å²) >= 11 is 5.90. The molecule has 0 heterocycles. The molecule has 0 bridgehead atoms. The molecule has 0 unspecified atom stereocenters. The van der Waals surface area contributed by atoms with Crippen LogP contribution >= 0.6 is 11.6 Å². The van der Waals surface area contributed by atoms with Gasteiger partial charge in [-0.25, -0.2) is 4.79 Å². The fourth-order valence-electron chi connectivity index (χ4n) is 1.94. The van der Waals surface area contributed by atoms with E-state index in [0.29, 0.717) is 10.6 Å². The number of aliphatic hydroxyl groups is 1. The maximum Gasteiger partial charge on any atom is 0.408 e. The van der Waals surface area contributed by atoms with Crippen LogP contribution in [0.4, 0.5) is 4.79 Å². The molecule has 2 N–H and O–H groups in total. The Balaban J connectivity index is 3.19. The highest BCUT2D eigenvalue weighted by molar-refractivity contribution is 6.30. The van der Waals surface area contributed by atoms with Crippen LogP contribution in [0.1, 0.15) is 32.4 Å². The fraction of sp³-hybridized carbons (Fsp3) is 0.462. The number of nitrogens with zero attached hydrogens (tertiary/aromatic N) is 1. The first-order valence-electron chi connectivity index (χ1n) is 5.66. The van der Waals surface area contributed by atoms with Crippen LogP contribution in [0.15, 0.2) is 24.3 Å². The van der Waals surface area contributed by atoms with Crippen molar-refractivity contribution in [2.75, 3.05) is 6.61 Å². The average Bonchev–Trinajstić information content (AvgIpc) is 2.23. The van der Waals surface area contributed by atoms with Gasteiger partial charge in [-0.05, 0) is 38.5 Å². The third kappa shape index (κ3) is 3.37. The van der Waals surface area contributed by atoms with E-state index in [4.69, 9.17) is 11.6 Å². The van der Waals surface area contributed by atoms with Gasteiger partial charge in [-0.3, -0.25) is 4.90 Å². The third-order valence-electron chi connectivity index (χ3n) is 2.65. The van der Waals surface area contributed by atoms with Gasteiger partial charge in [-0.2, -0.15) is 0 Å². The van der Waals surface area contributed by atoms with Crippen LogP contribution in [0.2, 0.25) is 5.02 Å². The highest BCUT2D eigenvalue weighted by Gasteiger charge is 2.33. The summed E-state index contributed by atoms with van der Waals surface area (Å²) in [6.45, 7) is 5.07. The van der Waals surface area contributed by atoms with Gasteiger partial charge in [0, 0.05) is 10.6 Å². The van der Waals surface area contributed by atoms with Gasteiger partial charge in [0.25, 0.3) is 0 Å². The average molecular weight is 272 g/mol. The predicted molar refractivity (Wildman–Crippen MR) is 70.9 cm³/mol. The van der Waals surface area contributed by atoms with Crippen LogP contribution in [0.25, 0.3) is 0 Å². The van der Waals surface area contributed by atoms with E-state index in [0.717, 1.165) is 0 Å². The molecule has 18 heavy (non-hydrogen) atoms. The number of hydrogen-bond donors (Lipinski definition) is 2. The van der Waals surface area contributed by atoms with Gasteiger partial charge in [0.15, 0.2) is 0 Å². The van der Waals surface area contributed by atoms with E-state index in [9.17, 15) is 15.0 Å². The van der Waals surface area contributed by atoms with E-state index in [2.05, 4.69) is 0 Å². The molecule has 0 aliphatic carbocycles. The van der Waals surface area contributed by atoms with E-state index in [1.54, 1.807) is 45.0 Å². The summed E-state index contributed by atoms with van der Waals surface area (Å²) < 4.78 is 0. The quantitative estimate of drug-likeness (QED) is 0.888. The van der Waals surface area contributed by atoms with Gasteiger partial charge < -0.3 is 10.2 Å². The van der Waals surface area contributed by atoms with Crippen LogP contribution in [-0.4, -0.2) is 33.4 Å². The number of hydrogen-bond acceptors (Lipinski definition) is 2. The van der Waals surface area contributed by atoms with E-state index in [-0.39, 0.29) is 6.61 Å². The number of halogens is 1. The summed E-state index contributed by atoms with van der Waals surface area (Å²) in [5.41, 5.74) is 0.0731. The predicted octanol–water partition coefficient (Wildman–Crippen LogP) is 3.15. The van der Waals surface area contributed by atoms with E-state index in [1.807, 2.05) is 0 Å². The van der Waals surface area contributed by atoms with Gasteiger partial charge in [0.2, 0.25) is 0 Å². The van der Waals surface area contributed by atoms with Crippen molar-refractivity contribution in [3.8, 4) is 0 Å². The standard InChI is InChI=1S/C13H18ClNO3/c1-13(2,3)15(12(17)18)11(8-16)9-5-4-6-10(14)7-9/h4-7,11,16H,8H2,1-3H3,(H,17,18)/t11-/m0/s1. The zero-order valence-corrected chi connectivity index (χ0v) is 11.5. The Hall–Kier alpha value is -1.26. The molecule has 4 nitrogen and oxygen atoms in total. The van der Waals surface area contributed by atoms with Crippen LogP contribution in [0, 0.1) is 0 Å². The zero-order valence-electron chi connectivity index (χ0n) is 10.7. The lowest BCUT2D eigenvalue weighted by atomic mass is 9.99. The normalized spacial score (nSPS) is 13.2. The molecule has 1 aromatic carbocycles. The maximum absolute atomic E-state index is 11.4. The summed E-state index contributed by atoms with van der Waals surface area (Å²) in [6.07, 6.45) is -1.07. The van der Waals surface area contributed by atoms with Crippen molar-refractivity contribution in [1.29, 1.82) is 0 Å². The molecule has 5 heteroatoms. The molecule has 0 aromatic heterocycles. The van der Waals surface area contributed by atoms with Crippen molar-refractivity contribution in [2.45, 2.75) is 32.4 Å². The van der Waals surface area contributed by atoms with Gasteiger partial charge in [-0.15, -0.1) is 0 Å². The number of aliphatic hydroxyl groups excluding tert-OH is 1. The molecular weight excluding hydrogens is 254 g/mol. The minimum absolute atomic E-state index is 0.288. The molecule has 100 valence electrons. The Kier molecular flexibility index (Phi) is 4.59. The van der Waals surface area contributed by atoms with Crippen molar-refractivity contribution in [2.24, 2.45) is 0 Å². The lowest BCUT2D eigenvalue weighted by molar-refractivity contribution is 0.0458. The summed E-state index contributed by atoms with van der Waals surface area (Å²) in [5, 5.41) is 19.3. The zero-order chi connectivity index (χ0) is 13.9. The summed E-state index contributed by atoms with van der Waals surface area (Å²) in [7, 11) is 0. The van der Waals surface area contributed by atoms with Gasteiger partial charge in [0.05, 0.1) is 12.6 Å². The second kappa shape index (κ2) is 5.59. The number of rotatable bonds is 3. The molecule has 1 amide bonds. The Bertz CT molecular complexity index is 428. The second-order valence-corrected chi connectivity index (χ2v) is 5.51. The van der Waals surface area contributed by atoms with Crippen LogP contribution in [0.3, 0.4) is 0 Å². The molecule has 0 saturated carbocycles. The summed E-state index contributed by atoms with van der Waals surface area (Å²) in [6, 6.07) is 6.25. The topological polar surface area (TPSA) is 60.8 Å². The monoisotopic (exact) mass is 271 g/mol. The van der Waals surface area contributed by atoms with E-state index >= 15 is 0 Å². The Morgan fingerprint density at radius 3 is 2.44 bits per heavy atom. The maximum atomic E-state index is 11.4. The Morgan fingerprint density at radius 1 is 1.44 bits per heavy atom. The van der Waals surface area contributed by atoms with Crippen molar-refractivity contribution in [1.82, 2.24) is 4.90 Å². The van der Waals surface area contributed by atoms with Crippen molar-refractivity contribution in [3.63, 3.8) is 0 Å². The van der Waals surface area contributed by atoms with E-state index in [1.165, 1.54) is 4.90 Å². The van der Waals surface area contributed by atoms with Crippen LogP contribution in [-0.2, 0) is 0 Å². The first kappa shape index (κ1) is 14.8. The Labute approximate surface area is 112 Å². The Morgan fingerprint density at radius 2 is 2.06 bits per heavy atom. The molecule has 0 fully saturated rings. The minimum atomic E-state index is -1.07. The number of carbonyl (C=O) groups is 1. The fourth-order valence-corrected chi connectivity index (χ4v) is 2.14. The largest absolute Gasteiger partial charge is 0.465 e. The molecule has 1 rings (SSSR count). The number of amides is 1. The minimum Gasteiger partial charge on any atom is -0.465 e. The lowest BCUT2D eigenvalue weighted by Gasteiger charge is -2.39. The van der Waals surface area contributed by atoms with Crippen molar-refractivity contribution >= 4 is 17.7 Å². The van der Waals surface area contributed by atoms with Crippen molar-refractivity contribution < 1.29 is 15.0 Å². The van der Waals surface area contributed by atoms with Crippen molar-refractivity contribution in [3.05, 3.63) is 34.9 Å². The lowest BCUT2D eigenvalue weighted by Crippen LogP contribution is -2.48.